The SMILES string of the molecule is C=CCN1CCC2(CC1)CC(NCc1cccnc1)c1ccccc1O2.O=C(O)C(F)(F)F.O=C(O)C(F)(F)F.O=C(O)C(F)(F)F. The molecule has 0 radical (unpaired) electrons. The van der Waals surface area contributed by atoms with Crippen molar-refractivity contribution in [2.45, 2.75) is 56.0 Å². The molecular weight excluding hydrogens is 661 g/mol. The number of rotatable bonds is 5. The number of carboxylic acids is 3. The molecule has 1 unspecified atom stereocenters. The van der Waals surface area contributed by atoms with Crippen LogP contribution in [0, 0.1) is 0 Å². The summed E-state index contributed by atoms with van der Waals surface area (Å²) in [7, 11) is 0. The highest BCUT2D eigenvalue weighted by atomic mass is 19.4. The molecule has 10 nitrogen and oxygen atoms in total. The first-order valence-corrected chi connectivity index (χ1v) is 13.2. The van der Waals surface area contributed by atoms with Crippen LogP contribution < -0.4 is 10.1 Å². The van der Waals surface area contributed by atoms with Crippen molar-refractivity contribution in [3.8, 4) is 5.75 Å². The van der Waals surface area contributed by atoms with Crippen molar-refractivity contribution >= 4 is 17.9 Å². The van der Waals surface area contributed by atoms with Gasteiger partial charge in [-0.05, 0) is 30.5 Å². The minimum absolute atomic E-state index is 0.0569. The van der Waals surface area contributed by atoms with Gasteiger partial charge in [0.25, 0.3) is 0 Å². The van der Waals surface area contributed by atoms with Crippen LogP contribution in [0.5, 0.6) is 5.75 Å². The zero-order valence-corrected chi connectivity index (χ0v) is 24.2. The Labute approximate surface area is 261 Å². The Kier molecular flexibility index (Phi) is 15.1. The number of para-hydroxylation sites is 1. The number of piperidine rings is 1. The number of nitrogens with one attached hydrogen (secondary N) is 1. The van der Waals surface area contributed by atoms with Gasteiger partial charge in [0.05, 0.1) is 0 Å². The van der Waals surface area contributed by atoms with Crippen molar-refractivity contribution in [3.63, 3.8) is 0 Å². The molecule has 0 saturated carbocycles. The maximum atomic E-state index is 10.6. The summed E-state index contributed by atoms with van der Waals surface area (Å²) in [5.41, 5.74) is 2.43. The first-order chi connectivity index (χ1) is 21.6. The average molecular weight is 692 g/mol. The van der Waals surface area contributed by atoms with Gasteiger partial charge in [-0.1, -0.05) is 30.3 Å². The number of pyridine rings is 1. The van der Waals surface area contributed by atoms with E-state index in [0.717, 1.165) is 51.2 Å². The molecule has 2 aromatic rings. The summed E-state index contributed by atoms with van der Waals surface area (Å²) in [5.74, 6) is -7.23. The van der Waals surface area contributed by atoms with E-state index >= 15 is 0 Å². The summed E-state index contributed by atoms with van der Waals surface area (Å²) in [6.07, 6.45) is -6.35. The van der Waals surface area contributed by atoms with Crippen LogP contribution >= 0.6 is 0 Å². The Balaban J connectivity index is 0.000000430. The maximum Gasteiger partial charge on any atom is 0.490 e. The number of alkyl halides is 9. The number of ether oxygens (including phenoxy) is 1. The summed E-state index contributed by atoms with van der Waals surface area (Å²) < 4.78 is 102. The molecule has 3 heterocycles. The largest absolute Gasteiger partial charge is 0.490 e. The van der Waals surface area contributed by atoms with E-state index in [4.69, 9.17) is 34.4 Å². The number of halogens is 9. The Morgan fingerprint density at radius 2 is 1.38 bits per heavy atom. The molecule has 0 aliphatic carbocycles. The van der Waals surface area contributed by atoms with Gasteiger partial charge in [0.1, 0.15) is 11.4 Å². The zero-order valence-electron chi connectivity index (χ0n) is 24.2. The van der Waals surface area contributed by atoms with Crippen molar-refractivity contribution in [1.82, 2.24) is 15.2 Å². The molecule has 2 aliphatic heterocycles. The van der Waals surface area contributed by atoms with Crippen molar-refractivity contribution in [2.24, 2.45) is 0 Å². The molecular formula is C28H30F9N3O7. The van der Waals surface area contributed by atoms with Crippen molar-refractivity contribution in [2.75, 3.05) is 19.6 Å². The highest BCUT2D eigenvalue weighted by Crippen LogP contribution is 2.44. The Morgan fingerprint density at radius 3 is 1.81 bits per heavy atom. The number of nitrogens with zero attached hydrogens (tertiary/aromatic N) is 2. The van der Waals surface area contributed by atoms with Crippen LogP contribution in [0.3, 0.4) is 0 Å². The van der Waals surface area contributed by atoms with E-state index in [9.17, 15) is 39.5 Å². The molecule has 262 valence electrons. The van der Waals surface area contributed by atoms with Gasteiger partial charge in [-0.2, -0.15) is 39.5 Å². The number of aromatic nitrogens is 1. The van der Waals surface area contributed by atoms with E-state index in [1.54, 1.807) is 0 Å². The molecule has 4 N–H and O–H groups in total. The van der Waals surface area contributed by atoms with Crippen LogP contribution in [0.25, 0.3) is 0 Å². The highest BCUT2D eigenvalue weighted by Gasteiger charge is 2.43. The summed E-state index contributed by atoms with van der Waals surface area (Å²) in [6, 6.07) is 12.9. The van der Waals surface area contributed by atoms with E-state index in [0.29, 0.717) is 6.04 Å². The fourth-order valence-electron chi connectivity index (χ4n) is 4.18. The van der Waals surface area contributed by atoms with E-state index in [1.165, 1.54) is 11.1 Å². The lowest BCUT2D eigenvalue weighted by molar-refractivity contribution is -0.193. The number of benzene rings is 1. The molecule has 47 heavy (non-hydrogen) atoms. The standard InChI is InChI=1S/C22H27N3O.3C2HF3O2/c1-2-12-25-13-9-22(10-14-25)15-20(19-7-3-4-8-21(19)26-22)24-17-18-6-5-11-23-16-18;3*3-2(4,5)1(6)7/h2-8,11,16,20,24H,1,9-10,12-15,17H2;3*(H,6,7). The molecule has 1 saturated heterocycles. The summed E-state index contributed by atoms with van der Waals surface area (Å²) in [5, 5.41) is 25.1. The second-order valence-electron chi connectivity index (χ2n) is 9.82. The molecule has 4 rings (SSSR count). The summed E-state index contributed by atoms with van der Waals surface area (Å²) in [6.45, 7) is 7.80. The fraction of sp³-hybridized carbons (Fsp3) is 0.429. The van der Waals surface area contributed by atoms with Crippen LogP contribution in [-0.2, 0) is 20.9 Å². The summed E-state index contributed by atoms with van der Waals surface area (Å²) in [4.78, 5) is 33.4. The third-order valence-electron chi connectivity index (χ3n) is 6.35. The summed E-state index contributed by atoms with van der Waals surface area (Å²) >= 11 is 0. The lowest BCUT2D eigenvalue weighted by Crippen LogP contribution is -2.51. The molecule has 0 amide bonds. The van der Waals surface area contributed by atoms with E-state index < -0.39 is 36.4 Å². The van der Waals surface area contributed by atoms with Gasteiger partial charge in [-0.3, -0.25) is 9.88 Å². The van der Waals surface area contributed by atoms with Gasteiger partial charge in [0.2, 0.25) is 0 Å². The minimum atomic E-state index is -5.08. The second-order valence-corrected chi connectivity index (χ2v) is 9.82. The van der Waals surface area contributed by atoms with Crippen LogP contribution in [0.4, 0.5) is 39.5 Å². The number of carboxylic acid groups (broad SMARTS) is 3. The topological polar surface area (TPSA) is 149 Å². The molecule has 2 aliphatic rings. The number of hydrogen-bond donors (Lipinski definition) is 4. The Hall–Kier alpha value is -4.39. The van der Waals surface area contributed by atoms with Crippen LogP contribution in [0.1, 0.15) is 36.4 Å². The number of hydrogen-bond acceptors (Lipinski definition) is 7. The van der Waals surface area contributed by atoms with E-state index in [-0.39, 0.29) is 5.60 Å². The van der Waals surface area contributed by atoms with Crippen LogP contribution in [-0.4, -0.2) is 86.9 Å². The number of likely N-dealkylation sites (tertiary alicyclic amines) is 1. The Morgan fingerprint density at radius 1 is 0.894 bits per heavy atom. The third kappa shape index (κ3) is 14.7. The first kappa shape index (κ1) is 40.6. The third-order valence-corrected chi connectivity index (χ3v) is 6.35. The van der Waals surface area contributed by atoms with E-state index in [1.807, 2.05) is 24.5 Å². The first-order valence-electron chi connectivity index (χ1n) is 13.2. The average Bonchev–Trinajstić information content (AvgIpc) is 2.97. The fourth-order valence-corrected chi connectivity index (χ4v) is 4.18. The molecule has 1 aromatic carbocycles. The van der Waals surface area contributed by atoms with Crippen molar-refractivity contribution in [3.05, 3.63) is 72.6 Å². The maximum absolute atomic E-state index is 10.6. The van der Waals surface area contributed by atoms with Gasteiger partial charge in [-0.25, -0.2) is 14.4 Å². The molecule has 19 heteroatoms. The molecule has 1 spiro atoms. The van der Waals surface area contributed by atoms with Gasteiger partial charge in [0.15, 0.2) is 0 Å². The van der Waals surface area contributed by atoms with Crippen molar-refractivity contribution in [1.29, 1.82) is 0 Å². The molecule has 1 fully saturated rings. The monoisotopic (exact) mass is 691 g/mol. The van der Waals surface area contributed by atoms with Gasteiger partial charge in [-0.15, -0.1) is 6.58 Å². The number of carbonyl (C=O) groups is 3. The predicted molar refractivity (Wildman–Crippen MR) is 145 cm³/mol. The van der Waals surface area contributed by atoms with E-state index in [2.05, 4.69) is 52.1 Å². The second kappa shape index (κ2) is 17.5. The van der Waals surface area contributed by atoms with Gasteiger partial charge in [0, 0.05) is 56.6 Å². The molecule has 1 atom stereocenters. The predicted octanol–water partition coefficient (Wildman–Crippen LogP) is 5.62. The number of aliphatic carboxylic acids is 3. The van der Waals surface area contributed by atoms with Crippen LogP contribution in [0.15, 0.2) is 61.4 Å². The lowest BCUT2D eigenvalue weighted by Gasteiger charge is -2.47. The zero-order chi connectivity index (χ0) is 36.1. The minimum Gasteiger partial charge on any atom is -0.487 e. The van der Waals surface area contributed by atoms with Crippen LogP contribution in [0.2, 0.25) is 0 Å². The smallest absolute Gasteiger partial charge is 0.487 e. The highest BCUT2D eigenvalue weighted by molar-refractivity contribution is 5.73. The quantitative estimate of drug-likeness (QED) is 0.230. The Bertz CT molecular complexity index is 1260. The van der Waals surface area contributed by atoms with Gasteiger partial charge >= 0.3 is 36.4 Å². The molecule has 0 bridgehead atoms. The van der Waals surface area contributed by atoms with Crippen molar-refractivity contribution < 1.29 is 74.0 Å². The lowest BCUT2D eigenvalue weighted by atomic mass is 9.80. The normalized spacial score (nSPS) is 17.1. The molecule has 1 aromatic heterocycles. The van der Waals surface area contributed by atoms with Gasteiger partial charge < -0.3 is 25.4 Å². The number of fused-ring (bicyclic) bond motifs is 1.